The first kappa shape index (κ1) is 12.4. The number of hydrogen-bond donors (Lipinski definition) is 1. The van der Waals surface area contributed by atoms with Crippen LogP contribution in [0.5, 0.6) is 0 Å². The fraction of sp³-hybridized carbons (Fsp3) is 1.00. The molecule has 0 aromatic heterocycles. The van der Waals surface area contributed by atoms with E-state index < -0.39 is 0 Å². The van der Waals surface area contributed by atoms with Crippen molar-refractivity contribution in [2.24, 2.45) is 0 Å². The highest BCUT2D eigenvalue weighted by molar-refractivity contribution is 6.42. The summed E-state index contributed by atoms with van der Waals surface area (Å²) >= 11 is 0. The van der Waals surface area contributed by atoms with Crippen molar-refractivity contribution >= 4 is 7.25 Å². The molecule has 0 spiro atoms. The van der Waals surface area contributed by atoms with Crippen LogP contribution in [-0.4, -0.2) is 47.6 Å². The van der Waals surface area contributed by atoms with Gasteiger partial charge in [-0.2, -0.15) is 0 Å². The zero-order chi connectivity index (χ0) is 12.0. The molecule has 2 rings (SSSR count). The lowest BCUT2D eigenvalue weighted by Crippen LogP contribution is -2.47. The van der Waals surface area contributed by atoms with Crippen LogP contribution in [0.3, 0.4) is 0 Å². The molecule has 2 heterocycles. The average Bonchev–Trinajstić information content (AvgIpc) is 2.37. The molecule has 0 aliphatic carbocycles. The largest absolute Gasteiger partial charge is 0.558 e. The summed E-state index contributed by atoms with van der Waals surface area (Å²) in [6.07, 6.45) is 1.47. The summed E-state index contributed by atoms with van der Waals surface area (Å²) in [5.41, 5.74) is -0.540. The molecule has 16 heavy (non-hydrogen) atoms. The van der Waals surface area contributed by atoms with Gasteiger partial charge in [0.1, 0.15) is 0 Å². The maximum absolute atomic E-state index is 9.47. The number of piperidine rings is 1. The molecule has 0 aromatic rings. The van der Waals surface area contributed by atoms with Gasteiger partial charge in [-0.25, -0.2) is 0 Å². The van der Waals surface area contributed by atoms with Crippen LogP contribution in [0.15, 0.2) is 0 Å². The summed E-state index contributed by atoms with van der Waals surface area (Å²) in [4.78, 5) is 2.17. The van der Waals surface area contributed by atoms with E-state index in [0.717, 1.165) is 25.9 Å². The Hall–Kier alpha value is -0.0951. The lowest BCUT2D eigenvalue weighted by Gasteiger charge is -2.32. The number of rotatable bonds is 1. The highest BCUT2D eigenvalue weighted by Gasteiger charge is 2.54. The van der Waals surface area contributed by atoms with Crippen LogP contribution in [-0.2, 0) is 9.31 Å². The minimum Gasteiger partial charge on any atom is -0.393 e. The molecule has 5 heteroatoms. The fourth-order valence-corrected chi connectivity index (χ4v) is 2.06. The summed E-state index contributed by atoms with van der Waals surface area (Å²) < 4.78 is 11.9. The second-order valence-corrected chi connectivity index (χ2v) is 5.83. The van der Waals surface area contributed by atoms with Gasteiger partial charge in [-0.05, 0) is 53.6 Å². The first-order chi connectivity index (χ1) is 7.32. The Labute approximate surface area is 98.1 Å². The normalized spacial score (nSPS) is 30.9. The molecule has 0 bridgehead atoms. The maximum atomic E-state index is 9.47. The molecule has 2 saturated heterocycles. The summed E-state index contributed by atoms with van der Waals surface area (Å²) in [5.74, 6) is 0. The monoisotopic (exact) mass is 227 g/mol. The van der Waals surface area contributed by atoms with Crippen molar-refractivity contribution in [1.82, 2.24) is 4.81 Å². The van der Waals surface area contributed by atoms with Gasteiger partial charge in [0.2, 0.25) is 0 Å². The van der Waals surface area contributed by atoms with Crippen molar-refractivity contribution in [3.63, 3.8) is 0 Å². The van der Waals surface area contributed by atoms with Crippen molar-refractivity contribution in [2.75, 3.05) is 13.1 Å². The van der Waals surface area contributed by atoms with Gasteiger partial charge in [-0.15, -0.1) is 0 Å². The smallest absolute Gasteiger partial charge is 0.393 e. The van der Waals surface area contributed by atoms with Gasteiger partial charge >= 0.3 is 7.25 Å². The van der Waals surface area contributed by atoms with Gasteiger partial charge in [0.05, 0.1) is 17.3 Å². The van der Waals surface area contributed by atoms with E-state index in [-0.39, 0.29) is 24.6 Å². The molecular formula is C11H22BNO3. The van der Waals surface area contributed by atoms with Gasteiger partial charge < -0.3 is 14.4 Å². The van der Waals surface area contributed by atoms with E-state index >= 15 is 0 Å². The summed E-state index contributed by atoms with van der Waals surface area (Å²) in [5, 5.41) is 9.47. The number of aliphatic hydroxyl groups is 1. The number of aliphatic hydroxyl groups excluding tert-OH is 1. The van der Waals surface area contributed by atoms with E-state index in [2.05, 4.69) is 32.5 Å². The average molecular weight is 227 g/mol. The first-order valence-electron chi connectivity index (χ1n) is 6.10. The van der Waals surface area contributed by atoms with Crippen molar-refractivity contribution < 1.29 is 14.4 Å². The number of nitrogens with zero attached hydrogens (tertiary/aromatic N) is 1. The van der Waals surface area contributed by atoms with Crippen LogP contribution in [0.25, 0.3) is 0 Å². The van der Waals surface area contributed by atoms with E-state index in [4.69, 9.17) is 9.31 Å². The minimum atomic E-state index is -0.270. The highest BCUT2D eigenvalue weighted by Crippen LogP contribution is 2.37. The Morgan fingerprint density at radius 1 is 1.06 bits per heavy atom. The van der Waals surface area contributed by atoms with Crippen LogP contribution in [0.1, 0.15) is 40.5 Å². The van der Waals surface area contributed by atoms with Crippen molar-refractivity contribution in [3.05, 3.63) is 0 Å². The molecule has 0 aromatic carbocycles. The minimum absolute atomic E-state index is 0.154. The number of hydrogen-bond acceptors (Lipinski definition) is 4. The third-order valence-electron chi connectivity index (χ3n) is 4.04. The van der Waals surface area contributed by atoms with Crippen molar-refractivity contribution in [2.45, 2.75) is 57.8 Å². The Morgan fingerprint density at radius 3 is 1.94 bits per heavy atom. The molecule has 2 aliphatic rings. The quantitative estimate of drug-likeness (QED) is 0.679. The molecule has 0 atom stereocenters. The Balaban J connectivity index is 1.98. The molecular weight excluding hydrogens is 205 g/mol. The van der Waals surface area contributed by atoms with Gasteiger partial charge in [0.15, 0.2) is 0 Å². The van der Waals surface area contributed by atoms with E-state index in [0.29, 0.717) is 0 Å². The Bertz CT molecular complexity index is 246. The van der Waals surface area contributed by atoms with Crippen LogP contribution < -0.4 is 0 Å². The molecule has 0 amide bonds. The SMILES string of the molecule is CC1(C)OB(N2CCC(O)CC2)OC1(C)C. The predicted molar refractivity (Wildman–Crippen MR) is 62.9 cm³/mol. The van der Waals surface area contributed by atoms with Gasteiger partial charge in [-0.3, -0.25) is 4.81 Å². The van der Waals surface area contributed by atoms with Crippen molar-refractivity contribution in [1.29, 1.82) is 0 Å². The third-order valence-corrected chi connectivity index (χ3v) is 4.04. The second kappa shape index (κ2) is 3.98. The molecule has 2 aliphatic heterocycles. The molecule has 0 saturated carbocycles. The van der Waals surface area contributed by atoms with Crippen LogP contribution in [0.2, 0.25) is 0 Å². The third kappa shape index (κ3) is 2.14. The van der Waals surface area contributed by atoms with Gasteiger partial charge in [-0.1, -0.05) is 0 Å². The standard InChI is InChI=1S/C11H22BNO3/c1-10(2)11(3,4)16-12(15-10)13-7-5-9(14)6-8-13/h9,14H,5-8H2,1-4H3. The topological polar surface area (TPSA) is 41.9 Å². The zero-order valence-electron chi connectivity index (χ0n) is 10.7. The summed E-state index contributed by atoms with van der Waals surface area (Å²) in [6, 6.07) is 0. The molecule has 0 unspecified atom stereocenters. The van der Waals surface area contributed by atoms with Crippen molar-refractivity contribution in [3.8, 4) is 0 Å². The van der Waals surface area contributed by atoms with E-state index in [1.54, 1.807) is 0 Å². The van der Waals surface area contributed by atoms with Gasteiger partial charge in [0, 0.05) is 0 Å². The van der Waals surface area contributed by atoms with E-state index in [1.807, 2.05) is 0 Å². The highest BCUT2D eigenvalue weighted by atomic mass is 16.7. The summed E-state index contributed by atoms with van der Waals surface area (Å²) in [6.45, 7) is 9.94. The maximum Gasteiger partial charge on any atom is 0.558 e. The molecule has 0 radical (unpaired) electrons. The summed E-state index contributed by atoms with van der Waals surface area (Å²) in [7, 11) is -0.252. The van der Waals surface area contributed by atoms with Crippen LogP contribution in [0.4, 0.5) is 0 Å². The lowest BCUT2D eigenvalue weighted by atomic mass is 9.90. The Kier molecular flexibility index (Phi) is 3.08. The van der Waals surface area contributed by atoms with E-state index in [1.165, 1.54) is 0 Å². The lowest BCUT2D eigenvalue weighted by molar-refractivity contribution is 0.00578. The fourth-order valence-electron chi connectivity index (χ4n) is 2.06. The molecule has 2 fully saturated rings. The predicted octanol–water partition coefficient (Wildman–Crippen LogP) is 1.03. The van der Waals surface area contributed by atoms with E-state index in [9.17, 15) is 5.11 Å². The second-order valence-electron chi connectivity index (χ2n) is 5.83. The van der Waals surface area contributed by atoms with Crippen LogP contribution in [0, 0.1) is 0 Å². The first-order valence-corrected chi connectivity index (χ1v) is 6.10. The van der Waals surface area contributed by atoms with Gasteiger partial charge in [0.25, 0.3) is 0 Å². The zero-order valence-corrected chi connectivity index (χ0v) is 10.7. The Morgan fingerprint density at radius 2 is 1.50 bits per heavy atom. The molecule has 92 valence electrons. The van der Waals surface area contributed by atoms with Crippen LogP contribution >= 0.6 is 0 Å². The molecule has 4 nitrogen and oxygen atoms in total. The molecule has 1 N–H and O–H groups in total.